The monoisotopic (exact) mass is 188 g/mol. The molecule has 1 aliphatic rings. The Labute approximate surface area is 73.6 Å². The summed E-state index contributed by atoms with van der Waals surface area (Å²) in [5.41, 5.74) is 6.41. The third-order valence-electron chi connectivity index (χ3n) is 1.96. The quantitative estimate of drug-likeness (QED) is 0.434. The average Bonchev–Trinajstić information content (AvgIpc) is 2.08. The van der Waals surface area contributed by atoms with E-state index in [-0.39, 0.29) is 19.5 Å². The molecule has 0 saturated carbocycles. The second kappa shape index (κ2) is 3.95. The molecule has 1 amide bonds. The van der Waals surface area contributed by atoms with E-state index in [9.17, 15) is 14.3 Å². The molecule has 0 aromatic carbocycles. The molecule has 2 unspecified atom stereocenters. The molecule has 0 aromatic heterocycles. The lowest BCUT2D eigenvalue weighted by Gasteiger charge is -2.32. The molecule has 1 saturated heterocycles. The van der Waals surface area contributed by atoms with Crippen LogP contribution in [-0.2, 0) is 0 Å². The zero-order valence-electron chi connectivity index (χ0n) is 6.81. The van der Waals surface area contributed by atoms with Crippen molar-refractivity contribution in [3.8, 4) is 0 Å². The Morgan fingerprint density at radius 1 is 1.77 bits per heavy atom. The van der Waals surface area contributed by atoms with Crippen LogP contribution in [0, 0.1) is 5.53 Å². The molecule has 6 nitrogen and oxygen atoms in total. The van der Waals surface area contributed by atoms with Gasteiger partial charge in [-0.15, -0.1) is 0 Å². The van der Waals surface area contributed by atoms with E-state index in [0.29, 0.717) is 0 Å². The van der Waals surface area contributed by atoms with Gasteiger partial charge in [0, 0.05) is 6.54 Å². The first-order valence-corrected chi connectivity index (χ1v) is 3.81. The Morgan fingerprint density at radius 2 is 2.46 bits per heavy atom. The first-order chi connectivity index (χ1) is 6.15. The number of amides is 1. The van der Waals surface area contributed by atoms with Crippen LogP contribution in [0.2, 0.25) is 0 Å². The zero-order valence-corrected chi connectivity index (χ0v) is 6.81. The SMILES string of the molecule is N=[N+]=NC1CN(C(=O)[O-])CCC1F. The Morgan fingerprint density at radius 3 is 3.00 bits per heavy atom. The number of nitrogens with one attached hydrogen (secondary N) is 1. The maximum Gasteiger partial charge on any atom is 0.214 e. The highest BCUT2D eigenvalue weighted by molar-refractivity contribution is 5.62. The third kappa shape index (κ3) is 2.22. The molecular weight excluding hydrogens is 179 g/mol. The van der Waals surface area contributed by atoms with Gasteiger partial charge in [0.1, 0.15) is 22.9 Å². The number of hydrogen-bond acceptors (Lipinski definition) is 4. The van der Waals surface area contributed by atoms with Gasteiger partial charge in [-0.1, -0.05) is 0 Å². The summed E-state index contributed by atoms with van der Waals surface area (Å²) >= 11 is 0. The highest BCUT2D eigenvalue weighted by Crippen LogP contribution is 2.16. The Hall–Kier alpha value is -1.49. The molecule has 1 N–H and O–H groups in total. The second-order valence-corrected chi connectivity index (χ2v) is 2.80. The standard InChI is InChI=1S/C6H9FN4O2/c7-4-1-2-11(6(12)13)3-5(4)9-10-8/h4-5,8H,1-3H2. The van der Waals surface area contributed by atoms with Crippen LogP contribution in [-0.4, -0.2) is 36.3 Å². The lowest BCUT2D eigenvalue weighted by Crippen LogP contribution is -2.51. The van der Waals surface area contributed by atoms with Crippen molar-refractivity contribution >= 4 is 6.09 Å². The molecule has 7 heteroatoms. The van der Waals surface area contributed by atoms with E-state index < -0.39 is 18.3 Å². The lowest BCUT2D eigenvalue weighted by atomic mass is 10.1. The molecule has 0 aromatic rings. The fourth-order valence-electron chi connectivity index (χ4n) is 1.25. The maximum atomic E-state index is 13.0. The van der Waals surface area contributed by atoms with Crippen LogP contribution < -0.4 is 10.0 Å². The van der Waals surface area contributed by atoms with Gasteiger partial charge in [-0.2, -0.15) is 0 Å². The van der Waals surface area contributed by atoms with Crippen molar-refractivity contribution in [2.45, 2.75) is 18.6 Å². The summed E-state index contributed by atoms with van der Waals surface area (Å²) in [5, 5.41) is 13.7. The van der Waals surface area contributed by atoms with Crippen molar-refractivity contribution in [1.29, 1.82) is 5.53 Å². The van der Waals surface area contributed by atoms with E-state index >= 15 is 0 Å². The van der Waals surface area contributed by atoms with E-state index in [0.717, 1.165) is 4.90 Å². The number of piperidine rings is 1. The van der Waals surface area contributed by atoms with Crippen LogP contribution in [0.5, 0.6) is 0 Å². The molecule has 0 aliphatic carbocycles. The highest BCUT2D eigenvalue weighted by Gasteiger charge is 2.32. The largest absolute Gasteiger partial charge is 0.530 e. The molecule has 1 fully saturated rings. The summed E-state index contributed by atoms with van der Waals surface area (Å²) in [6.07, 6.45) is -2.47. The molecule has 13 heavy (non-hydrogen) atoms. The summed E-state index contributed by atoms with van der Waals surface area (Å²) in [5.74, 6) is 0. The van der Waals surface area contributed by atoms with Gasteiger partial charge in [0.05, 0.1) is 6.54 Å². The molecule has 0 bridgehead atoms. The van der Waals surface area contributed by atoms with Crippen LogP contribution in [0.3, 0.4) is 0 Å². The summed E-state index contributed by atoms with van der Waals surface area (Å²) in [6, 6.07) is -0.857. The van der Waals surface area contributed by atoms with Crippen molar-refractivity contribution in [2.24, 2.45) is 5.11 Å². The predicted molar refractivity (Wildman–Crippen MR) is 37.6 cm³/mol. The van der Waals surface area contributed by atoms with Crippen LogP contribution >= 0.6 is 0 Å². The van der Waals surface area contributed by atoms with Crippen molar-refractivity contribution in [2.75, 3.05) is 13.1 Å². The Bertz CT molecular complexity index is 253. The van der Waals surface area contributed by atoms with Crippen molar-refractivity contribution in [3.05, 3.63) is 0 Å². The number of carboxylic acid groups (broad SMARTS) is 1. The number of halogens is 1. The average molecular weight is 188 g/mol. The minimum Gasteiger partial charge on any atom is -0.530 e. The van der Waals surface area contributed by atoms with Gasteiger partial charge in [-0.05, 0) is 6.42 Å². The van der Waals surface area contributed by atoms with E-state index in [1.165, 1.54) is 0 Å². The minimum absolute atomic E-state index is 0.0775. The molecule has 1 aliphatic heterocycles. The first-order valence-electron chi connectivity index (χ1n) is 3.81. The molecule has 1 rings (SSSR count). The fraction of sp³-hybridized carbons (Fsp3) is 0.833. The topological polar surface area (TPSA) is 93.7 Å². The zero-order chi connectivity index (χ0) is 9.84. The molecule has 72 valence electrons. The number of rotatable bonds is 1. The van der Waals surface area contributed by atoms with Crippen molar-refractivity contribution in [1.82, 2.24) is 9.81 Å². The number of nitrogens with zero attached hydrogens (tertiary/aromatic N) is 3. The van der Waals surface area contributed by atoms with Crippen LogP contribution in [0.4, 0.5) is 9.18 Å². The number of hydrogen-bond donors (Lipinski definition) is 1. The summed E-state index contributed by atoms with van der Waals surface area (Å²) in [6.45, 7) is 0.0411. The van der Waals surface area contributed by atoms with E-state index in [1.54, 1.807) is 0 Å². The molecule has 0 radical (unpaired) electrons. The number of alkyl halides is 1. The van der Waals surface area contributed by atoms with Crippen LogP contribution in [0.25, 0.3) is 0 Å². The molecule has 2 atom stereocenters. The van der Waals surface area contributed by atoms with Gasteiger partial charge in [-0.3, -0.25) is 0 Å². The second-order valence-electron chi connectivity index (χ2n) is 2.80. The number of carbonyl (C=O) groups excluding carboxylic acids is 1. The van der Waals surface area contributed by atoms with Gasteiger partial charge < -0.3 is 14.8 Å². The number of carbonyl (C=O) groups is 1. The van der Waals surface area contributed by atoms with E-state index in [2.05, 4.69) is 10.0 Å². The summed E-state index contributed by atoms with van der Waals surface area (Å²) < 4.78 is 13.0. The van der Waals surface area contributed by atoms with Gasteiger partial charge in [0.25, 0.3) is 0 Å². The van der Waals surface area contributed by atoms with E-state index in [4.69, 9.17) is 5.53 Å². The summed E-state index contributed by atoms with van der Waals surface area (Å²) in [4.78, 5) is 14.1. The highest BCUT2D eigenvalue weighted by atomic mass is 19.1. The van der Waals surface area contributed by atoms with Gasteiger partial charge in [0.15, 0.2) is 6.04 Å². The molecule has 1 heterocycles. The first kappa shape index (κ1) is 9.60. The normalized spacial score (nSPS) is 27.9. The Balaban J connectivity index is 2.62. The lowest BCUT2D eigenvalue weighted by molar-refractivity contribution is -0.267. The van der Waals surface area contributed by atoms with E-state index in [1.807, 2.05) is 0 Å². The Kier molecular flexibility index (Phi) is 2.92. The summed E-state index contributed by atoms with van der Waals surface area (Å²) in [7, 11) is 0. The smallest absolute Gasteiger partial charge is 0.214 e. The molecular formula is C6H9FN4O2. The van der Waals surface area contributed by atoms with Crippen molar-refractivity contribution in [3.63, 3.8) is 0 Å². The van der Waals surface area contributed by atoms with Gasteiger partial charge in [-0.25, -0.2) is 4.39 Å². The predicted octanol–water partition coefficient (Wildman–Crippen LogP) is -0.708. The van der Waals surface area contributed by atoms with Gasteiger partial charge in [0.2, 0.25) is 4.91 Å². The molecule has 0 spiro atoms. The van der Waals surface area contributed by atoms with Crippen LogP contribution in [0.15, 0.2) is 5.11 Å². The minimum atomic E-state index is -1.34. The number of likely N-dealkylation sites (tertiary alicyclic amines) is 1. The van der Waals surface area contributed by atoms with Crippen molar-refractivity contribution < 1.29 is 14.3 Å². The third-order valence-corrected chi connectivity index (χ3v) is 1.96. The fourth-order valence-corrected chi connectivity index (χ4v) is 1.25. The van der Waals surface area contributed by atoms with Gasteiger partial charge >= 0.3 is 0 Å². The van der Waals surface area contributed by atoms with Crippen LogP contribution in [0.1, 0.15) is 6.42 Å². The maximum absolute atomic E-state index is 13.0.